The van der Waals surface area contributed by atoms with Crippen molar-refractivity contribution in [3.63, 3.8) is 0 Å². The van der Waals surface area contributed by atoms with Crippen LogP contribution in [0.1, 0.15) is 18.9 Å². The summed E-state index contributed by atoms with van der Waals surface area (Å²) in [5.74, 6) is 0.0919. The fourth-order valence-electron chi connectivity index (χ4n) is 1.92. The fraction of sp³-hybridized carbons (Fsp3) is 0.538. The quantitative estimate of drug-likeness (QED) is 0.852. The van der Waals surface area contributed by atoms with Crippen LogP contribution >= 0.6 is 11.6 Å². The minimum absolute atomic E-state index is 0.0168. The van der Waals surface area contributed by atoms with E-state index in [4.69, 9.17) is 22.1 Å². The summed E-state index contributed by atoms with van der Waals surface area (Å²) >= 11 is 5.95. The van der Waals surface area contributed by atoms with Crippen LogP contribution in [0.15, 0.2) is 18.2 Å². The van der Waals surface area contributed by atoms with E-state index in [2.05, 4.69) is 6.92 Å². The average molecular weight is 260 g/mol. The number of rotatable bonds is 6. The zero-order valence-electron chi connectivity index (χ0n) is 10.2. The Morgan fingerprint density at radius 1 is 1.47 bits per heavy atom. The van der Waals surface area contributed by atoms with Crippen LogP contribution in [0.25, 0.3) is 0 Å². The Bertz CT molecular complexity index is 359. The van der Waals surface area contributed by atoms with Crippen molar-refractivity contribution >= 4 is 11.6 Å². The van der Waals surface area contributed by atoms with Gasteiger partial charge in [0.05, 0.1) is 0 Å². The van der Waals surface area contributed by atoms with Gasteiger partial charge in [0.2, 0.25) is 0 Å². The lowest BCUT2D eigenvalue weighted by Crippen LogP contribution is -2.26. The fourth-order valence-corrected chi connectivity index (χ4v) is 2.17. The number of nitrogens with two attached hydrogens (primary N) is 1. The first kappa shape index (κ1) is 14.4. The lowest BCUT2D eigenvalue weighted by molar-refractivity contribution is 0.152. The molecule has 0 aliphatic carbocycles. The van der Waals surface area contributed by atoms with Gasteiger partial charge in [-0.05, 0) is 36.5 Å². The van der Waals surface area contributed by atoms with Gasteiger partial charge in [0, 0.05) is 24.8 Å². The Morgan fingerprint density at radius 3 is 2.76 bits per heavy atom. The zero-order valence-corrected chi connectivity index (χ0v) is 11.0. The predicted molar refractivity (Wildman–Crippen MR) is 68.7 cm³/mol. The SMILES string of the molecule is COCC(C)CC(N)Cc1ccc(F)cc1Cl. The van der Waals surface area contributed by atoms with Crippen molar-refractivity contribution in [2.75, 3.05) is 13.7 Å². The van der Waals surface area contributed by atoms with Crippen molar-refractivity contribution in [2.24, 2.45) is 11.7 Å². The molecule has 2 N–H and O–H groups in total. The summed E-state index contributed by atoms with van der Waals surface area (Å²) in [6.07, 6.45) is 1.52. The molecule has 96 valence electrons. The maximum absolute atomic E-state index is 12.9. The first-order valence-electron chi connectivity index (χ1n) is 5.71. The highest BCUT2D eigenvalue weighted by Gasteiger charge is 2.12. The lowest BCUT2D eigenvalue weighted by atomic mass is 9.97. The van der Waals surface area contributed by atoms with E-state index in [1.807, 2.05) is 0 Å². The second kappa shape index (κ2) is 6.94. The van der Waals surface area contributed by atoms with Gasteiger partial charge in [-0.25, -0.2) is 4.39 Å². The van der Waals surface area contributed by atoms with Gasteiger partial charge in [0.1, 0.15) is 5.82 Å². The van der Waals surface area contributed by atoms with Gasteiger partial charge < -0.3 is 10.5 Å². The van der Waals surface area contributed by atoms with Crippen LogP contribution in [0, 0.1) is 11.7 Å². The zero-order chi connectivity index (χ0) is 12.8. The van der Waals surface area contributed by atoms with Gasteiger partial charge in [0.25, 0.3) is 0 Å². The van der Waals surface area contributed by atoms with Gasteiger partial charge in [-0.2, -0.15) is 0 Å². The highest BCUT2D eigenvalue weighted by Crippen LogP contribution is 2.20. The lowest BCUT2D eigenvalue weighted by Gasteiger charge is -2.17. The molecule has 0 bridgehead atoms. The third kappa shape index (κ3) is 5.02. The molecule has 0 aliphatic rings. The minimum atomic E-state index is -0.319. The third-order valence-electron chi connectivity index (χ3n) is 2.65. The van der Waals surface area contributed by atoms with Crippen LogP contribution < -0.4 is 5.73 Å². The van der Waals surface area contributed by atoms with E-state index in [0.29, 0.717) is 24.0 Å². The number of hydrogen-bond acceptors (Lipinski definition) is 2. The molecule has 0 amide bonds. The molecule has 0 saturated carbocycles. The third-order valence-corrected chi connectivity index (χ3v) is 3.01. The first-order chi connectivity index (χ1) is 8.02. The maximum atomic E-state index is 12.9. The van der Waals surface area contributed by atoms with E-state index in [9.17, 15) is 4.39 Å². The molecule has 0 radical (unpaired) electrons. The molecule has 0 aliphatic heterocycles. The van der Waals surface area contributed by atoms with E-state index >= 15 is 0 Å². The molecule has 2 atom stereocenters. The maximum Gasteiger partial charge on any atom is 0.124 e. The smallest absolute Gasteiger partial charge is 0.124 e. The molecule has 0 spiro atoms. The first-order valence-corrected chi connectivity index (χ1v) is 6.09. The monoisotopic (exact) mass is 259 g/mol. The molecule has 1 aromatic rings. The number of benzene rings is 1. The van der Waals surface area contributed by atoms with Crippen molar-refractivity contribution in [3.05, 3.63) is 34.6 Å². The van der Waals surface area contributed by atoms with Gasteiger partial charge in [-0.3, -0.25) is 0 Å². The normalized spacial score (nSPS) is 14.6. The van der Waals surface area contributed by atoms with Gasteiger partial charge in [0.15, 0.2) is 0 Å². The number of methoxy groups -OCH3 is 1. The molecule has 0 heterocycles. The van der Waals surface area contributed by atoms with Crippen LogP contribution in [0.2, 0.25) is 5.02 Å². The second-order valence-electron chi connectivity index (χ2n) is 4.50. The molecule has 0 fully saturated rings. The van der Waals surface area contributed by atoms with E-state index in [1.54, 1.807) is 13.2 Å². The number of hydrogen-bond donors (Lipinski definition) is 1. The van der Waals surface area contributed by atoms with Gasteiger partial charge in [-0.1, -0.05) is 24.6 Å². The van der Waals surface area contributed by atoms with E-state index < -0.39 is 0 Å². The standard InChI is InChI=1S/C13H19ClFNO/c1-9(8-17-2)5-12(16)6-10-3-4-11(15)7-13(10)14/h3-4,7,9,12H,5-6,8,16H2,1-2H3. The van der Waals surface area contributed by atoms with Gasteiger partial charge >= 0.3 is 0 Å². The van der Waals surface area contributed by atoms with Crippen LogP contribution in [-0.4, -0.2) is 19.8 Å². The summed E-state index contributed by atoms with van der Waals surface area (Å²) in [5, 5.41) is 0.444. The van der Waals surface area contributed by atoms with Crippen LogP contribution in [0.4, 0.5) is 4.39 Å². The molecule has 0 saturated heterocycles. The van der Waals surface area contributed by atoms with E-state index in [1.165, 1.54) is 12.1 Å². The van der Waals surface area contributed by atoms with Crippen molar-refractivity contribution in [2.45, 2.75) is 25.8 Å². The molecule has 1 aromatic carbocycles. The van der Waals surface area contributed by atoms with Crippen LogP contribution in [0.3, 0.4) is 0 Å². The Labute approximate surface area is 107 Å². The molecule has 2 nitrogen and oxygen atoms in total. The number of ether oxygens (including phenoxy) is 1. The van der Waals surface area contributed by atoms with Crippen LogP contribution in [0.5, 0.6) is 0 Å². The van der Waals surface area contributed by atoms with Crippen molar-refractivity contribution in [1.29, 1.82) is 0 Å². The van der Waals surface area contributed by atoms with E-state index in [-0.39, 0.29) is 11.9 Å². The average Bonchev–Trinajstić information content (AvgIpc) is 2.22. The topological polar surface area (TPSA) is 35.2 Å². The molecular formula is C13H19ClFNO. The summed E-state index contributed by atoms with van der Waals surface area (Å²) in [6.45, 7) is 2.79. The van der Waals surface area contributed by atoms with Crippen molar-refractivity contribution < 1.29 is 9.13 Å². The van der Waals surface area contributed by atoms with Crippen LogP contribution in [-0.2, 0) is 11.2 Å². The molecular weight excluding hydrogens is 241 g/mol. The Kier molecular flexibility index (Phi) is 5.89. The minimum Gasteiger partial charge on any atom is -0.384 e. The highest BCUT2D eigenvalue weighted by atomic mass is 35.5. The second-order valence-corrected chi connectivity index (χ2v) is 4.90. The van der Waals surface area contributed by atoms with Crippen molar-refractivity contribution in [1.82, 2.24) is 0 Å². The summed E-state index contributed by atoms with van der Waals surface area (Å²) in [6, 6.07) is 4.44. The van der Waals surface area contributed by atoms with Gasteiger partial charge in [-0.15, -0.1) is 0 Å². The summed E-state index contributed by atoms with van der Waals surface area (Å²) in [5.41, 5.74) is 6.93. The Balaban J connectivity index is 2.52. The van der Waals surface area contributed by atoms with E-state index in [0.717, 1.165) is 12.0 Å². The summed E-state index contributed by atoms with van der Waals surface area (Å²) in [7, 11) is 1.68. The summed E-state index contributed by atoms with van der Waals surface area (Å²) in [4.78, 5) is 0. The molecule has 0 aromatic heterocycles. The largest absolute Gasteiger partial charge is 0.384 e. The Hall–Kier alpha value is -0.640. The number of halogens is 2. The predicted octanol–water partition coefficient (Wildman–Crippen LogP) is 3.02. The highest BCUT2D eigenvalue weighted by molar-refractivity contribution is 6.31. The molecule has 2 unspecified atom stereocenters. The summed E-state index contributed by atoms with van der Waals surface area (Å²) < 4.78 is 17.9. The molecule has 17 heavy (non-hydrogen) atoms. The molecule has 4 heteroatoms. The Morgan fingerprint density at radius 2 is 2.18 bits per heavy atom. The van der Waals surface area contributed by atoms with Crippen molar-refractivity contribution in [3.8, 4) is 0 Å². The molecule has 1 rings (SSSR count).